The molecule has 0 aliphatic carbocycles. The maximum Gasteiger partial charge on any atom is 0.255 e. The predicted octanol–water partition coefficient (Wildman–Crippen LogP) is 4.77. The first-order valence-electron chi connectivity index (χ1n) is 15.0. The van der Waals surface area contributed by atoms with E-state index in [1.54, 1.807) is 11.0 Å². The molecule has 3 aromatic carbocycles. The van der Waals surface area contributed by atoms with Crippen molar-refractivity contribution in [2.75, 3.05) is 62.6 Å². The molecule has 43 heavy (non-hydrogen) atoms. The fourth-order valence-corrected chi connectivity index (χ4v) is 5.55. The second kappa shape index (κ2) is 13.0. The summed E-state index contributed by atoms with van der Waals surface area (Å²) in [5, 5.41) is 6.36. The van der Waals surface area contributed by atoms with E-state index in [2.05, 4.69) is 36.3 Å². The molecule has 2 aliphatic heterocycles. The first-order valence-corrected chi connectivity index (χ1v) is 15.0. The van der Waals surface area contributed by atoms with Crippen LogP contribution in [-0.2, 0) is 5.41 Å². The van der Waals surface area contributed by atoms with E-state index in [0.29, 0.717) is 61.6 Å². The number of nitrogens with one attached hydrogen (secondary N) is 2. The Morgan fingerprint density at radius 1 is 0.721 bits per heavy atom. The summed E-state index contributed by atoms with van der Waals surface area (Å²) in [6, 6.07) is 18.7. The number of carbonyl (C=O) groups is 3. The van der Waals surface area contributed by atoms with Crippen LogP contribution in [0.4, 0.5) is 15.8 Å². The molecule has 0 aromatic heterocycles. The zero-order valence-electron chi connectivity index (χ0n) is 25.2. The third kappa shape index (κ3) is 7.22. The molecule has 2 aliphatic rings. The molecule has 2 N–H and O–H groups in total. The average molecular weight is 586 g/mol. The fraction of sp³-hybridized carbons (Fsp3) is 0.382. The van der Waals surface area contributed by atoms with Crippen LogP contribution in [0.25, 0.3) is 0 Å². The van der Waals surface area contributed by atoms with Gasteiger partial charge in [-0.2, -0.15) is 0 Å². The molecule has 0 unspecified atom stereocenters. The summed E-state index contributed by atoms with van der Waals surface area (Å²) in [5.74, 6) is -0.829. The van der Waals surface area contributed by atoms with E-state index >= 15 is 0 Å². The first kappa shape index (κ1) is 30.2. The number of rotatable bonds is 5. The zero-order valence-corrected chi connectivity index (χ0v) is 25.2. The largest absolute Gasteiger partial charge is 0.368 e. The van der Waals surface area contributed by atoms with Crippen LogP contribution in [0, 0.1) is 5.82 Å². The number of benzene rings is 3. The van der Waals surface area contributed by atoms with Gasteiger partial charge in [0.15, 0.2) is 0 Å². The molecular formula is C34H40FN5O3. The van der Waals surface area contributed by atoms with Crippen molar-refractivity contribution >= 4 is 29.1 Å². The molecule has 226 valence electrons. The topological polar surface area (TPSA) is 85.0 Å². The number of anilines is 2. The van der Waals surface area contributed by atoms with E-state index in [-0.39, 0.29) is 29.0 Å². The fourth-order valence-electron chi connectivity index (χ4n) is 5.55. The van der Waals surface area contributed by atoms with Crippen molar-refractivity contribution in [1.82, 2.24) is 15.1 Å². The Balaban J connectivity index is 1.39. The van der Waals surface area contributed by atoms with Crippen LogP contribution in [0.5, 0.6) is 0 Å². The molecule has 2 fully saturated rings. The van der Waals surface area contributed by atoms with E-state index in [4.69, 9.17) is 0 Å². The van der Waals surface area contributed by atoms with E-state index in [1.807, 2.05) is 41.3 Å². The monoisotopic (exact) mass is 585 g/mol. The average Bonchev–Trinajstić information content (AvgIpc) is 3.27. The highest BCUT2D eigenvalue weighted by molar-refractivity contribution is 6.07. The summed E-state index contributed by atoms with van der Waals surface area (Å²) in [5.41, 5.74) is 3.97. The van der Waals surface area contributed by atoms with Gasteiger partial charge in [0.2, 0.25) is 0 Å². The van der Waals surface area contributed by atoms with Crippen molar-refractivity contribution in [2.45, 2.75) is 32.6 Å². The Bertz CT molecular complexity index is 1460. The van der Waals surface area contributed by atoms with Gasteiger partial charge in [0.1, 0.15) is 5.82 Å². The summed E-state index contributed by atoms with van der Waals surface area (Å²) in [6.45, 7) is 11.4. The molecule has 0 saturated carbocycles. The standard InChI is InChI=1S/C34H40FN5O3/c1-34(2,3)27-10-5-24(6-11-27)31(41)37-29-23-26(33(43)40-19-15-36-16-20-40)9-14-30(29)38-17-4-18-39(22-21-38)32(42)25-7-12-28(35)13-8-25/h5-14,23,36H,4,15-22H2,1-3H3,(H,37,41). The lowest BCUT2D eigenvalue weighted by Gasteiger charge is -2.29. The van der Waals surface area contributed by atoms with Gasteiger partial charge in [-0.1, -0.05) is 32.9 Å². The van der Waals surface area contributed by atoms with Crippen molar-refractivity contribution in [2.24, 2.45) is 0 Å². The predicted molar refractivity (Wildman–Crippen MR) is 167 cm³/mol. The Kier molecular flexibility index (Phi) is 9.11. The Hall–Kier alpha value is -4.24. The number of piperazine rings is 1. The van der Waals surface area contributed by atoms with Crippen LogP contribution in [0.1, 0.15) is 63.8 Å². The van der Waals surface area contributed by atoms with Crippen molar-refractivity contribution < 1.29 is 18.8 Å². The highest BCUT2D eigenvalue weighted by atomic mass is 19.1. The van der Waals surface area contributed by atoms with Crippen LogP contribution in [0.3, 0.4) is 0 Å². The van der Waals surface area contributed by atoms with Crippen molar-refractivity contribution in [3.63, 3.8) is 0 Å². The van der Waals surface area contributed by atoms with E-state index < -0.39 is 0 Å². The van der Waals surface area contributed by atoms with Gasteiger partial charge in [-0.15, -0.1) is 0 Å². The second-order valence-corrected chi connectivity index (χ2v) is 12.2. The van der Waals surface area contributed by atoms with Crippen molar-refractivity contribution in [1.29, 1.82) is 0 Å². The molecule has 2 heterocycles. The minimum atomic E-state index is -0.378. The van der Waals surface area contributed by atoms with Gasteiger partial charge >= 0.3 is 0 Å². The second-order valence-electron chi connectivity index (χ2n) is 12.2. The van der Waals surface area contributed by atoms with Gasteiger partial charge in [0.25, 0.3) is 17.7 Å². The molecule has 5 rings (SSSR count). The number of hydrogen-bond donors (Lipinski definition) is 2. The summed E-state index contributed by atoms with van der Waals surface area (Å²) < 4.78 is 13.4. The third-order valence-electron chi connectivity index (χ3n) is 8.12. The smallest absolute Gasteiger partial charge is 0.255 e. The highest BCUT2D eigenvalue weighted by Gasteiger charge is 2.25. The normalized spacial score (nSPS) is 16.0. The Morgan fingerprint density at radius 3 is 2.00 bits per heavy atom. The molecule has 3 aromatic rings. The van der Waals surface area contributed by atoms with Gasteiger partial charge in [-0.05, 0) is 72.0 Å². The number of amides is 3. The van der Waals surface area contributed by atoms with Crippen molar-refractivity contribution in [3.8, 4) is 0 Å². The number of halogens is 1. The number of carbonyl (C=O) groups excluding carboxylic acids is 3. The molecule has 2 saturated heterocycles. The molecule has 9 heteroatoms. The lowest BCUT2D eigenvalue weighted by molar-refractivity contribution is 0.0734. The molecule has 3 amide bonds. The van der Waals surface area contributed by atoms with Crippen LogP contribution < -0.4 is 15.5 Å². The summed E-state index contributed by atoms with van der Waals surface area (Å²) >= 11 is 0. The van der Waals surface area contributed by atoms with E-state index in [9.17, 15) is 18.8 Å². The minimum Gasteiger partial charge on any atom is -0.368 e. The maximum absolute atomic E-state index is 13.5. The molecule has 0 atom stereocenters. The van der Waals surface area contributed by atoms with E-state index in [1.165, 1.54) is 24.3 Å². The minimum absolute atomic E-state index is 0.0282. The summed E-state index contributed by atoms with van der Waals surface area (Å²) in [4.78, 5) is 45.7. The zero-order chi connectivity index (χ0) is 30.6. The SMILES string of the molecule is CC(C)(C)c1ccc(C(=O)Nc2cc(C(=O)N3CCNCC3)ccc2N2CCCN(C(=O)c3ccc(F)cc3)CC2)cc1. The summed E-state index contributed by atoms with van der Waals surface area (Å²) in [6.07, 6.45) is 0.718. The number of nitrogens with zero attached hydrogens (tertiary/aromatic N) is 3. The van der Waals surface area contributed by atoms with Gasteiger partial charge in [-0.3, -0.25) is 14.4 Å². The van der Waals surface area contributed by atoms with E-state index in [0.717, 1.165) is 30.8 Å². The molecular weight excluding hydrogens is 545 g/mol. The lowest BCUT2D eigenvalue weighted by atomic mass is 9.86. The number of hydrogen-bond acceptors (Lipinski definition) is 5. The van der Waals surface area contributed by atoms with Gasteiger partial charge in [0, 0.05) is 69.0 Å². The molecule has 0 bridgehead atoms. The first-order chi connectivity index (χ1) is 20.6. The van der Waals surface area contributed by atoms with Gasteiger partial charge < -0.3 is 25.3 Å². The van der Waals surface area contributed by atoms with Crippen molar-refractivity contribution in [3.05, 3.63) is 94.8 Å². The van der Waals surface area contributed by atoms with Crippen LogP contribution in [-0.4, -0.2) is 79.9 Å². The quantitative estimate of drug-likeness (QED) is 0.451. The van der Waals surface area contributed by atoms with Gasteiger partial charge in [0.05, 0.1) is 11.4 Å². The molecule has 0 spiro atoms. The summed E-state index contributed by atoms with van der Waals surface area (Å²) in [7, 11) is 0. The maximum atomic E-state index is 13.5. The van der Waals surface area contributed by atoms with Gasteiger partial charge in [-0.25, -0.2) is 4.39 Å². The lowest BCUT2D eigenvalue weighted by Crippen LogP contribution is -2.46. The molecule has 0 radical (unpaired) electrons. The van der Waals surface area contributed by atoms with Crippen LogP contribution in [0.15, 0.2) is 66.7 Å². The Labute approximate surface area is 252 Å². The van der Waals surface area contributed by atoms with Crippen LogP contribution >= 0.6 is 0 Å². The Morgan fingerprint density at radius 2 is 1.33 bits per heavy atom. The molecule has 8 nitrogen and oxygen atoms in total. The third-order valence-corrected chi connectivity index (χ3v) is 8.12. The van der Waals surface area contributed by atoms with Crippen LogP contribution in [0.2, 0.25) is 0 Å². The highest BCUT2D eigenvalue weighted by Crippen LogP contribution is 2.30.